The molecule has 3 atom stereocenters. The summed E-state index contributed by atoms with van der Waals surface area (Å²) in [5.41, 5.74) is 0. The molecule has 0 aromatic heterocycles. The van der Waals surface area contributed by atoms with Crippen LogP contribution in [-0.4, -0.2) is 36.5 Å². The van der Waals surface area contributed by atoms with Crippen LogP contribution in [0, 0.1) is 0 Å². The second-order valence-corrected chi connectivity index (χ2v) is 3.42. The molecule has 1 N–H and O–H groups in total. The van der Waals surface area contributed by atoms with Crippen LogP contribution in [0.1, 0.15) is 12.8 Å². The van der Waals surface area contributed by atoms with Gasteiger partial charge in [-0.05, 0) is 6.42 Å². The Kier molecular flexibility index (Phi) is 4.52. The van der Waals surface area contributed by atoms with E-state index in [1.54, 1.807) is 13.2 Å². The van der Waals surface area contributed by atoms with Crippen molar-refractivity contribution in [3.8, 4) is 0 Å². The van der Waals surface area contributed by atoms with Crippen molar-refractivity contribution in [3.63, 3.8) is 0 Å². The Morgan fingerprint density at radius 3 is 2.93 bits per heavy atom. The van der Waals surface area contributed by atoms with Crippen LogP contribution in [0.25, 0.3) is 0 Å². The number of carboxylic acids is 1. The van der Waals surface area contributed by atoms with Gasteiger partial charge in [-0.15, -0.1) is 6.58 Å². The van der Waals surface area contributed by atoms with Gasteiger partial charge in [-0.25, -0.2) is 0 Å². The Morgan fingerprint density at radius 1 is 1.67 bits per heavy atom. The smallest absolute Gasteiger partial charge is 0.306 e. The third-order valence-corrected chi connectivity index (χ3v) is 2.28. The Bertz CT molecular complexity index is 259. The molecule has 0 spiro atoms. The van der Waals surface area contributed by atoms with Gasteiger partial charge in [-0.3, -0.25) is 4.79 Å². The van der Waals surface area contributed by atoms with Crippen LogP contribution in [0.15, 0.2) is 24.8 Å². The molecule has 0 fully saturated rings. The molecule has 0 unspecified atom stereocenters. The minimum absolute atomic E-state index is 0.0451. The number of carbonyl (C=O) groups is 1. The predicted octanol–water partition coefficient (Wildman–Crippen LogP) is 1.38. The molecule has 0 aromatic rings. The maximum Gasteiger partial charge on any atom is 0.306 e. The van der Waals surface area contributed by atoms with Crippen LogP contribution in [0.3, 0.4) is 0 Å². The van der Waals surface area contributed by atoms with E-state index in [-0.39, 0.29) is 18.6 Å². The summed E-state index contributed by atoms with van der Waals surface area (Å²) in [7, 11) is 1.54. The van der Waals surface area contributed by atoms with Gasteiger partial charge in [0.25, 0.3) is 0 Å². The van der Waals surface area contributed by atoms with Gasteiger partial charge >= 0.3 is 5.97 Å². The Balaban J connectivity index is 2.62. The predicted molar refractivity (Wildman–Crippen MR) is 55.7 cm³/mol. The van der Waals surface area contributed by atoms with Crippen molar-refractivity contribution >= 4 is 5.97 Å². The number of ether oxygens (including phenoxy) is 2. The number of methoxy groups -OCH3 is 1. The van der Waals surface area contributed by atoms with Crippen LogP contribution in [0.5, 0.6) is 0 Å². The maximum atomic E-state index is 10.6. The summed E-state index contributed by atoms with van der Waals surface area (Å²) in [6, 6.07) is 0. The van der Waals surface area contributed by atoms with E-state index in [1.807, 2.05) is 12.2 Å². The van der Waals surface area contributed by atoms with Crippen molar-refractivity contribution in [1.29, 1.82) is 0 Å². The Morgan fingerprint density at radius 2 is 2.40 bits per heavy atom. The fraction of sp³-hybridized carbons (Fsp3) is 0.545. The summed E-state index contributed by atoms with van der Waals surface area (Å²) in [5, 5.41) is 8.72. The van der Waals surface area contributed by atoms with Crippen molar-refractivity contribution in [2.75, 3.05) is 7.11 Å². The van der Waals surface area contributed by atoms with Crippen LogP contribution in [0.4, 0.5) is 0 Å². The monoisotopic (exact) mass is 212 g/mol. The third-order valence-electron chi connectivity index (χ3n) is 2.28. The van der Waals surface area contributed by atoms with Gasteiger partial charge in [-0.2, -0.15) is 0 Å². The highest BCUT2D eigenvalue weighted by atomic mass is 16.5. The zero-order valence-corrected chi connectivity index (χ0v) is 8.76. The first kappa shape index (κ1) is 11.9. The summed E-state index contributed by atoms with van der Waals surface area (Å²) >= 11 is 0. The van der Waals surface area contributed by atoms with Gasteiger partial charge in [0.1, 0.15) is 6.10 Å². The lowest BCUT2D eigenvalue weighted by Gasteiger charge is -2.30. The van der Waals surface area contributed by atoms with Crippen molar-refractivity contribution in [2.45, 2.75) is 31.2 Å². The molecule has 1 aliphatic heterocycles. The fourth-order valence-corrected chi connectivity index (χ4v) is 1.57. The molecule has 4 heteroatoms. The lowest BCUT2D eigenvalue weighted by Crippen LogP contribution is -2.37. The van der Waals surface area contributed by atoms with E-state index in [9.17, 15) is 4.79 Å². The van der Waals surface area contributed by atoms with E-state index < -0.39 is 12.1 Å². The summed E-state index contributed by atoms with van der Waals surface area (Å²) in [6.45, 7) is 3.62. The standard InChI is InChI=1S/C11H16O4/c1-3-4-8-5-6-9(14-2)10(15-8)7-11(12)13/h3,5-6,8-10H,1,4,7H2,2H3,(H,12,13)/t8-,9+,10-/m1/s1. The molecule has 0 radical (unpaired) electrons. The number of aliphatic carboxylic acids is 1. The van der Waals surface area contributed by atoms with Gasteiger partial charge in [0.15, 0.2) is 0 Å². The van der Waals surface area contributed by atoms with Crippen molar-refractivity contribution in [3.05, 3.63) is 24.8 Å². The van der Waals surface area contributed by atoms with Crippen molar-refractivity contribution < 1.29 is 19.4 Å². The van der Waals surface area contributed by atoms with E-state index in [0.29, 0.717) is 6.42 Å². The highest BCUT2D eigenvalue weighted by Gasteiger charge is 2.28. The average molecular weight is 212 g/mol. The van der Waals surface area contributed by atoms with E-state index >= 15 is 0 Å². The SMILES string of the molecule is C=CC[C@@H]1C=C[C@H](OC)[C@@H](CC(=O)O)O1. The number of rotatable bonds is 5. The van der Waals surface area contributed by atoms with Crippen molar-refractivity contribution in [1.82, 2.24) is 0 Å². The van der Waals surface area contributed by atoms with Gasteiger partial charge in [0.05, 0.1) is 18.6 Å². The van der Waals surface area contributed by atoms with E-state index in [1.165, 1.54) is 0 Å². The van der Waals surface area contributed by atoms with Crippen LogP contribution in [-0.2, 0) is 14.3 Å². The lowest BCUT2D eigenvalue weighted by atomic mass is 10.0. The molecule has 0 bridgehead atoms. The number of hydrogen-bond donors (Lipinski definition) is 1. The second kappa shape index (κ2) is 5.68. The highest BCUT2D eigenvalue weighted by molar-refractivity contribution is 5.67. The molecule has 0 saturated heterocycles. The molecule has 84 valence electrons. The van der Waals surface area contributed by atoms with E-state index in [4.69, 9.17) is 14.6 Å². The van der Waals surface area contributed by atoms with Gasteiger partial charge in [0.2, 0.25) is 0 Å². The topological polar surface area (TPSA) is 55.8 Å². The molecule has 1 aliphatic rings. The molecular weight excluding hydrogens is 196 g/mol. The molecule has 0 saturated carbocycles. The van der Waals surface area contributed by atoms with Crippen LogP contribution >= 0.6 is 0 Å². The zero-order valence-electron chi connectivity index (χ0n) is 8.76. The van der Waals surface area contributed by atoms with Crippen LogP contribution in [0.2, 0.25) is 0 Å². The molecule has 0 aliphatic carbocycles. The number of hydrogen-bond acceptors (Lipinski definition) is 3. The third kappa shape index (κ3) is 3.49. The largest absolute Gasteiger partial charge is 0.481 e. The van der Waals surface area contributed by atoms with Crippen molar-refractivity contribution in [2.24, 2.45) is 0 Å². The van der Waals surface area contributed by atoms with E-state index in [2.05, 4.69) is 6.58 Å². The molecule has 4 nitrogen and oxygen atoms in total. The molecule has 1 rings (SSSR count). The van der Waals surface area contributed by atoms with Crippen LogP contribution < -0.4 is 0 Å². The first-order valence-electron chi connectivity index (χ1n) is 4.86. The fourth-order valence-electron chi connectivity index (χ4n) is 1.57. The maximum absolute atomic E-state index is 10.6. The molecule has 0 amide bonds. The molecular formula is C11H16O4. The minimum atomic E-state index is -0.880. The van der Waals surface area contributed by atoms with Gasteiger partial charge in [0, 0.05) is 7.11 Å². The molecule has 0 aromatic carbocycles. The number of carboxylic acid groups (broad SMARTS) is 1. The zero-order chi connectivity index (χ0) is 11.3. The summed E-state index contributed by atoms with van der Waals surface area (Å²) in [6.07, 6.45) is 5.35. The average Bonchev–Trinajstić information content (AvgIpc) is 2.18. The summed E-state index contributed by atoms with van der Waals surface area (Å²) in [4.78, 5) is 10.6. The molecule has 15 heavy (non-hydrogen) atoms. The lowest BCUT2D eigenvalue weighted by molar-refractivity contribution is -0.145. The van der Waals surface area contributed by atoms with Gasteiger partial charge < -0.3 is 14.6 Å². The van der Waals surface area contributed by atoms with E-state index in [0.717, 1.165) is 0 Å². The molecule has 1 heterocycles. The first-order chi connectivity index (χ1) is 7.17. The first-order valence-corrected chi connectivity index (χ1v) is 4.86. The Hall–Kier alpha value is -1.13. The minimum Gasteiger partial charge on any atom is -0.481 e. The summed E-state index contributed by atoms with van der Waals surface area (Å²) in [5.74, 6) is -0.880. The highest BCUT2D eigenvalue weighted by Crippen LogP contribution is 2.20. The normalized spacial score (nSPS) is 30.1. The second-order valence-electron chi connectivity index (χ2n) is 3.42. The van der Waals surface area contributed by atoms with Gasteiger partial charge in [-0.1, -0.05) is 18.2 Å². The summed E-state index contributed by atoms with van der Waals surface area (Å²) < 4.78 is 10.7. The Labute approximate surface area is 89.2 Å². The quantitative estimate of drug-likeness (QED) is 0.699.